The molecule has 192 valence electrons. The molecule has 6 rings (SSSR count). The Morgan fingerprint density at radius 1 is 0.487 bits per heavy atom. The number of benzene rings is 5. The third-order valence-corrected chi connectivity index (χ3v) is 9.29. The van der Waals surface area contributed by atoms with E-state index < -0.39 is 6.63 Å². The molecule has 2 nitrogen and oxygen atoms in total. The number of nitrogens with zero attached hydrogens (tertiary/aromatic N) is 2. The van der Waals surface area contributed by atoms with E-state index in [1.165, 1.54) is 0 Å². The molecule has 1 aliphatic heterocycles. The van der Waals surface area contributed by atoms with Crippen LogP contribution in [0.25, 0.3) is 33.4 Å². The molecular formula is C33H26Cl2N2P2. The van der Waals surface area contributed by atoms with Crippen LogP contribution in [0.4, 0.5) is 11.4 Å². The Kier molecular flexibility index (Phi) is 7.73. The van der Waals surface area contributed by atoms with E-state index in [4.69, 9.17) is 22.5 Å². The fourth-order valence-corrected chi connectivity index (χ4v) is 7.53. The summed E-state index contributed by atoms with van der Waals surface area (Å²) in [5, 5.41) is 1.08. The van der Waals surface area contributed by atoms with Gasteiger partial charge in [0.2, 0.25) is 0 Å². The Morgan fingerprint density at radius 2 is 0.872 bits per heavy atom. The van der Waals surface area contributed by atoms with E-state index in [9.17, 15) is 0 Å². The summed E-state index contributed by atoms with van der Waals surface area (Å²) in [7, 11) is 2.90. The van der Waals surface area contributed by atoms with Gasteiger partial charge in [0, 0.05) is 29.1 Å². The second-order valence-corrected chi connectivity index (χ2v) is 13.6. The van der Waals surface area contributed by atoms with Gasteiger partial charge in [-0.1, -0.05) is 150 Å². The lowest BCUT2D eigenvalue weighted by Gasteiger charge is -2.36. The average Bonchev–Trinajstić information content (AvgIpc) is 3.43. The Labute approximate surface area is 243 Å². The van der Waals surface area contributed by atoms with Gasteiger partial charge in [-0.3, -0.25) is 0 Å². The first-order chi connectivity index (χ1) is 19.1. The Bertz CT molecular complexity index is 1550. The molecule has 5 aromatic carbocycles. The lowest BCUT2D eigenvalue weighted by molar-refractivity contribution is 0.912. The number of para-hydroxylation sites is 2. The van der Waals surface area contributed by atoms with Crippen LogP contribution in [-0.4, -0.2) is 5.91 Å². The number of rotatable bonds is 6. The van der Waals surface area contributed by atoms with Crippen LogP contribution < -0.4 is 15.1 Å². The fraction of sp³-hybridized carbons (Fsp3) is 0.0303. The highest BCUT2D eigenvalue weighted by Gasteiger charge is 2.37. The molecule has 0 radical (unpaired) electrons. The van der Waals surface area contributed by atoms with E-state index in [1.807, 2.05) is 18.2 Å². The summed E-state index contributed by atoms with van der Waals surface area (Å²) < 4.78 is 0. The van der Waals surface area contributed by atoms with Gasteiger partial charge in [0.15, 0.2) is 5.91 Å². The lowest BCUT2D eigenvalue weighted by Crippen LogP contribution is -2.37. The molecule has 0 amide bonds. The molecule has 1 aliphatic rings. The van der Waals surface area contributed by atoms with E-state index in [1.54, 1.807) is 0 Å². The molecule has 0 aliphatic carbocycles. The molecule has 0 saturated heterocycles. The summed E-state index contributed by atoms with van der Waals surface area (Å²) in [6, 6.07) is 44.2. The van der Waals surface area contributed by atoms with Gasteiger partial charge in [0.1, 0.15) is 6.63 Å². The number of hydrogen-bond acceptors (Lipinski definition) is 2. The minimum absolute atomic E-state index is 0.306. The van der Waals surface area contributed by atoms with Crippen LogP contribution in [0.15, 0.2) is 140 Å². The predicted octanol–water partition coefficient (Wildman–Crippen LogP) is 10.1. The quantitative estimate of drug-likeness (QED) is 0.184. The largest absolute Gasteiger partial charge is 0.318 e. The van der Waals surface area contributed by atoms with Crippen LogP contribution in [-0.2, 0) is 0 Å². The topological polar surface area (TPSA) is 6.48 Å². The summed E-state index contributed by atoms with van der Waals surface area (Å²) in [6.45, 7) is -1.46. The first-order valence-electron chi connectivity index (χ1n) is 12.7. The smallest absolute Gasteiger partial charge is 0.158 e. The molecule has 6 heteroatoms. The fourth-order valence-electron chi connectivity index (χ4n) is 5.22. The molecule has 0 bridgehead atoms. The molecular weight excluding hydrogens is 557 g/mol. The van der Waals surface area contributed by atoms with Crippen LogP contribution in [0.1, 0.15) is 0 Å². The summed E-state index contributed by atoms with van der Waals surface area (Å²) in [5.74, 6) is -0.306. The average molecular weight is 583 g/mol. The Balaban J connectivity index is 1.54. The van der Waals surface area contributed by atoms with Gasteiger partial charge in [-0.05, 0) is 22.0 Å². The highest BCUT2D eigenvalue weighted by atomic mass is 35.9. The molecule has 0 aromatic heterocycles. The molecule has 2 atom stereocenters. The number of hydrogen-bond donors (Lipinski definition) is 0. The zero-order chi connectivity index (χ0) is 26.8. The van der Waals surface area contributed by atoms with E-state index in [2.05, 4.69) is 141 Å². The van der Waals surface area contributed by atoms with Crippen molar-refractivity contribution in [1.82, 2.24) is 0 Å². The predicted molar refractivity (Wildman–Crippen MR) is 175 cm³/mol. The van der Waals surface area contributed by atoms with Gasteiger partial charge in [0.05, 0.1) is 11.4 Å². The van der Waals surface area contributed by atoms with E-state index in [-0.39, 0.29) is 5.91 Å². The summed E-state index contributed by atoms with van der Waals surface area (Å²) in [6.07, 6.45) is 4.22. The third kappa shape index (κ3) is 5.11. The standard InChI is InChI=1S/C33H26Cl2N2P2/c34-39(35)33-36(22-23-37(33)32-29(20-11-21-30(32)38)26-16-8-3-9-17-26)31-27(24-12-4-1-5-13-24)18-10-19-28(31)25-14-6-2-7-15-25/h1-23,33H,38H2. The summed E-state index contributed by atoms with van der Waals surface area (Å²) >= 11 is 13.8. The van der Waals surface area contributed by atoms with Crippen LogP contribution in [0.3, 0.4) is 0 Å². The van der Waals surface area contributed by atoms with Crippen LogP contribution >= 0.6 is 38.3 Å². The number of halogens is 2. The number of anilines is 2. The van der Waals surface area contributed by atoms with Gasteiger partial charge >= 0.3 is 0 Å². The molecule has 0 spiro atoms. The molecule has 0 saturated carbocycles. The van der Waals surface area contributed by atoms with E-state index in [0.29, 0.717) is 0 Å². The molecule has 1 heterocycles. The second-order valence-electron chi connectivity index (χ2n) is 9.26. The third-order valence-electron chi connectivity index (χ3n) is 6.93. The zero-order valence-corrected chi connectivity index (χ0v) is 24.6. The minimum Gasteiger partial charge on any atom is -0.318 e. The van der Waals surface area contributed by atoms with Crippen molar-refractivity contribution in [3.8, 4) is 33.4 Å². The van der Waals surface area contributed by atoms with Gasteiger partial charge in [0.25, 0.3) is 0 Å². The van der Waals surface area contributed by atoms with E-state index >= 15 is 0 Å². The lowest BCUT2D eigenvalue weighted by atomic mass is 9.95. The highest BCUT2D eigenvalue weighted by Crippen LogP contribution is 2.59. The maximum atomic E-state index is 6.92. The SMILES string of the molecule is Pc1cccc(-c2ccccc2)c1N1C=CN(c2c(-c3ccccc3)cccc2-c2ccccc2)C1P(Cl)Cl. The molecule has 2 unspecified atom stereocenters. The van der Waals surface area contributed by atoms with Crippen molar-refractivity contribution in [1.29, 1.82) is 0 Å². The normalized spacial score (nSPS) is 14.8. The van der Waals surface area contributed by atoms with Gasteiger partial charge in [-0.15, -0.1) is 9.24 Å². The first-order valence-corrected chi connectivity index (χ1v) is 16.5. The minimum atomic E-state index is -1.46. The van der Waals surface area contributed by atoms with Crippen molar-refractivity contribution in [3.05, 3.63) is 140 Å². The van der Waals surface area contributed by atoms with Crippen LogP contribution in [0.5, 0.6) is 0 Å². The maximum Gasteiger partial charge on any atom is 0.158 e. The van der Waals surface area contributed by atoms with Crippen molar-refractivity contribution >= 4 is 55.0 Å². The van der Waals surface area contributed by atoms with Gasteiger partial charge < -0.3 is 9.80 Å². The monoisotopic (exact) mass is 582 g/mol. The summed E-state index contributed by atoms with van der Waals surface area (Å²) in [5.41, 5.74) is 8.96. The second kappa shape index (κ2) is 11.5. The first kappa shape index (κ1) is 26.1. The Hall–Kier alpha value is -3.12. The van der Waals surface area contributed by atoms with Gasteiger partial charge in [-0.2, -0.15) is 0 Å². The Morgan fingerprint density at radius 3 is 1.31 bits per heavy atom. The van der Waals surface area contributed by atoms with Crippen LogP contribution in [0.2, 0.25) is 0 Å². The molecule has 39 heavy (non-hydrogen) atoms. The molecule has 5 aromatic rings. The highest BCUT2D eigenvalue weighted by molar-refractivity contribution is 8.04. The van der Waals surface area contributed by atoms with Crippen molar-refractivity contribution in [2.24, 2.45) is 0 Å². The van der Waals surface area contributed by atoms with E-state index in [0.717, 1.165) is 50.1 Å². The zero-order valence-electron chi connectivity index (χ0n) is 21.0. The summed E-state index contributed by atoms with van der Waals surface area (Å²) in [4.78, 5) is 4.48. The van der Waals surface area contributed by atoms with Crippen LogP contribution in [0, 0.1) is 0 Å². The maximum absolute atomic E-state index is 6.92. The molecule has 0 N–H and O–H groups in total. The van der Waals surface area contributed by atoms with Crippen molar-refractivity contribution < 1.29 is 0 Å². The van der Waals surface area contributed by atoms with Gasteiger partial charge in [-0.25, -0.2) is 0 Å². The van der Waals surface area contributed by atoms with Crippen molar-refractivity contribution in [2.45, 2.75) is 5.91 Å². The molecule has 0 fully saturated rings. The van der Waals surface area contributed by atoms with Crippen molar-refractivity contribution in [3.63, 3.8) is 0 Å². The van der Waals surface area contributed by atoms with Crippen molar-refractivity contribution in [2.75, 3.05) is 9.80 Å².